The first-order valence-corrected chi connectivity index (χ1v) is 12.4. The Bertz CT molecular complexity index is 1090. The van der Waals surface area contributed by atoms with E-state index in [1.54, 1.807) is 24.3 Å². The Balaban J connectivity index is 1.39. The number of carbonyl (C=O) groups is 2. The van der Waals surface area contributed by atoms with E-state index >= 15 is 0 Å². The van der Waals surface area contributed by atoms with Gasteiger partial charge in [-0.2, -0.15) is 4.31 Å². The summed E-state index contributed by atoms with van der Waals surface area (Å²) < 4.78 is 26.9. The standard InChI is InChI=1S/C23H28N4O4S/c1-17-20(23(29)26-12-2-3-13-26)7-4-8-21(17)25-22(28)18-9-14-27(15-10-18)32(30,31)19-6-5-11-24-16-19/h4-8,11,16,18H,2-3,9-10,12-15H2,1H3,(H,25,28). The topological polar surface area (TPSA) is 99.7 Å². The smallest absolute Gasteiger partial charge is 0.254 e. The number of carbonyl (C=O) groups excluding carboxylic acids is 2. The van der Waals surface area contributed by atoms with Crippen LogP contribution in [0.15, 0.2) is 47.6 Å². The molecule has 3 heterocycles. The summed E-state index contributed by atoms with van der Waals surface area (Å²) in [6.45, 7) is 3.95. The maximum Gasteiger partial charge on any atom is 0.254 e. The molecule has 0 spiro atoms. The fourth-order valence-corrected chi connectivity index (χ4v) is 5.77. The molecule has 2 aromatic rings. The molecule has 1 N–H and O–H groups in total. The molecule has 32 heavy (non-hydrogen) atoms. The SMILES string of the molecule is Cc1c(NC(=O)C2CCN(S(=O)(=O)c3cccnc3)CC2)cccc1C(=O)N1CCCC1. The average Bonchev–Trinajstić information content (AvgIpc) is 3.36. The van der Waals surface area contributed by atoms with Crippen LogP contribution in [0.4, 0.5) is 5.69 Å². The lowest BCUT2D eigenvalue weighted by Crippen LogP contribution is -2.41. The molecule has 1 aromatic carbocycles. The lowest BCUT2D eigenvalue weighted by molar-refractivity contribution is -0.120. The molecular weight excluding hydrogens is 428 g/mol. The van der Waals surface area contributed by atoms with Crippen molar-refractivity contribution in [3.05, 3.63) is 53.9 Å². The highest BCUT2D eigenvalue weighted by atomic mass is 32.2. The van der Waals surface area contributed by atoms with Crippen LogP contribution in [0.25, 0.3) is 0 Å². The van der Waals surface area contributed by atoms with Gasteiger partial charge in [0.05, 0.1) is 0 Å². The summed E-state index contributed by atoms with van der Waals surface area (Å²) in [4.78, 5) is 31.6. The molecule has 2 aliphatic heterocycles. The molecule has 0 bridgehead atoms. The Morgan fingerprint density at radius 2 is 1.75 bits per heavy atom. The number of piperidine rings is 1. The minimum atomic E-state index is -3.60. The number of hydrogen-bond acceptors (Lipinski definition) is 5. The fourth-order valence-electron chi connectivity index (χ4n) is 4.34. The first-order valence-electron chi connectivity index (χ1n) is 11.0. The molecule has 2 aliphatic rings. The van der Waals surface area contributed by atoms with Gasteiger partial charge in [0, 0.05) is 55.7 Å². The van der Waals surface area contributed by atoms with Crippen molar-refractivity contribution in [3.8, 4) is 0 Å². The quantitative estimate of drug-likeness (QED) is 0.746. The second-order valence-corrected chi connectivity index (χ2v) is 10.3. The van der Waals surface area contributed by atoms with Gasteiger partial charge < -0.3 is 10.2 Å². The van der Waals surface area contributed by atoms with E-state index in [1.807, 2.05) is 11.8 Å². The second kappa shape index (κ2) is 9.38. The normalized spacial score (nSPS) is 18.0. The van der Waals surface area contributed by atoms with Gasteiger partial charge in [-0.1, -0.05) is 6.07 Å². The van der Waals surface area contributed by atoms with Crippen LogP contribution in [0.1, 0.15) is 41.6 Å². The van der Waals surface area contributed by atoms with Gasteiger partial charge in [-0.05, 0) is 62.4 Å². The van der Waals surface area contributed by atoms with Gasteiger partial charge in [0.15, 0.2) is 0 Å². The molecule has 2 amide bonds. The van der Waals surface area contributed by atoms with E-state index in [0.29, 0.717) is 24.1 Å². The van der Waals surface area contributed by atoms with E-state index in [1.165, 1.54) is 22.8 Å². The van der Waals surface area contributed by atoms with Crippen molar-refractivity contribution in [2.75, 3.05) is 31.5 Å². The van der Waals surface area contributed by atoms with Gasteiger partial charge in [0.2, 0.25) is 15.9 Å². The number of benzene rings is 1. The monoisotopic (exact) mass is 456 g/mol. The predicted molar refractivity (Wildman–Crippen MR) is 121 cm³/mol. The van der Waals surface area contributed by atoms with Crippen molar-refractivity contribution in [2.24, 2.45) is 5.92 Å². The number of nitrogens with zero attached hydrogens (tertiary/aromatic N) is 3. The number of sulfonamides is 1. The van der Waals surface area contributed by atoms with Crippen molar-refractivity contribution >= 4 is 27.5 Å². The van der Waals surface area contributed by atoms with Gasteiger partial charge in [-0.25, -0.2) is 8.42 Å². The minimum absolute atomic E-state index is 0.00464. The Kier molecular flexibility index (Phi) is 6.57. The highest BCUT2D eigenvalue weighted by Gasteiger charge is 2.32. The zero-order valence-electron chi connectivity index (χ0n) is 18.2. The third-order valence-corrected chi connectivity index (χ3v) is 8.19. The second-order valence-electron chi connectivity index (χ2n) is 8.33. The molecular formula is C23H28N4O4S. The largest absolute Gasteiger partial charge is 0.339 e. The summed E-state index contributed by atoms with van der Waals surface area (Å²) in [5, 5.41) is 2.96. The lowest BCUT2D eigenvalue weighted by atomic mass is 9.96. The first-order chi connectivity index (χ1) is 15.4. The van der Waals surface area contributed by atoms with Crippen LogP contribution >= 0.6 is 0 Å². The van der Waals surface area contributed by atoms with Crippen LogP contribution < -0.4 is 5.32 Å². The van der Waals surface area contributed by atoms with Crippen molar-refractivity contribution < 1.29 is 18.0 Å². The zero-order valence-corrected chi connectivity index (χ0v) is 19.0. The van der Waals surface area contributed by atoms with E-state index < -0.39 is 10.0 Å². The van der Waals surface area contributed by atoms with Gasteiger partial charge in [-0.3, -0.25) is 14.6 Å². The Morgan fingerprint density at radius 3 is 2.41 bits per heavy atom. The molecule has 0 atom stereocenters. The third kappa shape index (κ3) is 4.54. The molecule has 8 nitrogen and oxygen atoms in total. The van der Waals surface area contributed by atoms with E-state index in [2.05, 4.69) is 10.3 Å². The Labute approximate surface area is 188 Å². The third-order valence-electron chi connectivity index (χ3n) is 6.31. The van der Waals surface area contributed by atoms with Crippen LogP contribution in [0, 0.1) is 12.8 Å². The van der Waals surface area contributed by atoms with Crippen LogP contribution in [-0.4, -0.2) is 60.6 Å². The molecule has 0 unspecified atom stereocenters. The van der Waals surface area contributed by atoms with Crippen LogP contribution in [0.5, 0.6) is 0 Å². The van der Waals surface area contributed by atoms with E-state index in [9.17, 15) is 18.0 Å². The van der Waals surface area contributed by atoms with Crippen LogP contribution in [0.3, 0.4) is 0 Å². The molecule has 0 radical (unpaired) electrons. The predicted octanol–water partition coefficient (Wildman–Crippen LogP) is 2.67. The molecule has 0 saturated carbocycles. The number of likely N-dealkylation sites (tertiary alicyclic amines) is 1. The number of pyridine rings is 1. The van der Waals surface area contributed by atoms with Crippen molar-refractivity contribution in [2.45, 2.75) is 37.5 Å². The van der Waals surface area contributed by atoms with Gasteiger partial charge in [0.1, 0.15) is 4.90 Å². The minimum Gasteiger partial charge on any atom is -0.339 e. The number of anilines is 1. The molecule has 2 saturated heterocycles. The van der Waals surface area contributed by atoms with Gasteiger partial charge in [0.25, 0.3) is 5.91 Å². The molecule has 170 valence electrons. The van der Waals surface area contributed by atoms with Crippen LogP contribution in [0.2, 0.25) is 0 Å². The zero-order chi connectivity index (χ0) is 22.7. The number of aromatic nitrogens is 1. The van der Waals surface area contributed by atoms with Gasteiger partial charge >= 0.3 is 0 Å². The number of rotatable bonds is 5. The number of nitrogens with one attached hydrogen (secondary N) is 1. The van der Waals surface area contributed by atoms with Crippen molar-refractivity contribution in [1.29, 1.82) is 0 Å². The van der Waals surface area contributed by atoms with Gasteiger partial charge in [-0.15, -0.1) is 0 Å². The molecule has 1 aromatic heterocycles. The number of hydrogen-bond donors (Lipinski definition) is 1. The molecule has 4 rings (SSSR count). The maximum absolute atomic E-state index is 12.9. The highest BCUT2D eigenvalue weighted by molar-refractivity contribution is 7.89. The average molecular weight is 457 g/mol. The fraction of sp³-hybridized carbons (Fsp3) is 0.435. The molecule has 0 aliphatic carbocycles. The van der Waals surface area contributed by atoms with Crippen molar-refractivity contribution in [3.63, 3.8) is 0 Å². The Morgan fingerprint density at radius 1 is 1.03 bits per heavy atom. The summed E-state index contributed by atoms with van der Waals surface area (Å²) in [7, 11) is -3.60. The first kappa shape index (κ1) is 22.4. The summed E-state index contributed by atoms with van der Waals surface area (Å²) in [5.74, 6) is -0.421. The molecule has 2 fully saturated rings. The Hall–Kier alpha value is -2.78. The summed E-state index contributed by atoms with van der Waals surface area (Å²) in [5.41, 5.74) is 2.00. The number of amides is 2. The van der Waals surface area contributed by atoms with Crippen molar-refractivity contribution in [1.82, 2.24) is 14.2 Å². The maximum atomic E-state index is 12.9. The summed E-state index contributed by atoms with van der Waals surface area (Å²) >= 11 is 0. The molecule has 9 heteroatoms. The summed E-state index contributed by atoms with van der Waals surface area (Å²) in [6, 6.07) is 8.51. The van der Waals surface area contributed by atoms with Crippen LogP contribution in [-0.2, 0) is 14.8 Å². The van der Waals surface area contributed by atoms with E-state index in [0.717, 1.165) is 31.5 Å². The van der Waals surface area contributed by atoms with E-state index in [-0.39, 0.29) is 35.7 Å². The highest BCUT2D eigenvalue weighted by Crippen LogP contribution is 2.27. The van der Waals surface area contributed by atoms with E-state index in [4.69, 9.17) is 0 Å². The summed E-state index contributed by atoms with van der Waals surface area (Å²) in [6.07, 6.45) is 5.80. The lowest BCUT2D eigenvalue weighted by Gasteiger charge is -2.30.